The Morgan fingerprint density at radius 3 is 2.31 bits per heavy atom. The van der Waals surface area contributed by atoms with E-state index in [-0.39, 0.29) is 23.7 Å². The lowest BCUT2D eigenvalue weighted by Crippen LogP contribution is -2.54. The molecule has 29 heavy (non-hydrogen) atoms. The van der Waals surface area contributed by atoms with Crippen LogP contribution in [0, 0.1) is 12.7 Å². The quantitative estimate of drug-likeness (QED) is 0.819. The highest BCUT2D eigenvalue weighted by Crippen LogP contribution is 2.16. The standard InChI is InChI=1S/C22H33FN4O2/c1-17-7-8-19(15-20(17)23)24-22(29)18(2)26-13-11-25(12-14-26)16-21(28)27-9-5-3-4-6-10-27/h7-8,15,18H,3-6,9-14,16H2,1-2H3,(H,24,29)/t18-/m0/s1. The molecule has 0 aromatic heterocycles. The van der Waals surface area contributed by atoms with Crippen LogP contribution >= 0.6 is 0 Å². The van der Waals surface area contributed by atoms with Gasteiger partial charge >= 0.3 is 0 Å². The van der Waals surface area contributed by atoms with Crippen molar-refractivity contribution in [2.45, 2.75) is 45.6 Å². The predicted octanol–water partition coefficient (Wildman–Crippen LogP) is 2.48. The number of hydrogen-bond donors (Lipinski definition) is 1. The van der Waals surface area contributed by atoms with Crippen molar-refractivity contribution < 1.29 is 14.0 Å². The summed E-state index contributed by atoms with van der Waals surface area (Å²) in [4.78, 5) is 31.4. The molecule has 2 fully saturated rings. The minimum Gasteiger partial charge on any atom is -0.342 e. The van der Waals surface area contributed by atoms with Crippen molar-refractivity contribution in [2.75, 3.05) is 51.1 Å². The molecule has 6 nitrogen and oxygen atoms in total. The van der Waals surface area contributed by atoms with Crippen molar-refractivity contribution in [3.8, 4) is 0 Å². The maximum Gasteiger partial charge on any atom is 0.241 e. The minimum absolute atomic E-state index is 0.137. The zero-order valence-corrected chi connectivity index (χ0v) is 17.6. The molecule has 2 saturated heterocycles. The first-order valence-electron chi connectivity index (χ1n) is 10.8. The van der Waals surface area contributed by atoms with Crippen molar-refractivity contribution in [1.82, 2.24) is 14.7 Å². The number of carbonyl (C=O) groups is 2. The number of hydrogen-bond acceptors (Lipinski definition) is 4. The summed E-state index contributed by atoms with van der Waals surface area (Å²) in [6.07, 6.45) is 4.66. The van der Waals surface area contributed by atoms with Crippen LogP contribution in [0.2, 0.25) is 0 Å². The summed E-state index contributed by atoms with van der Waals surface area (Å²) in [5.41, 5.74) is 1.04. The van der Waals surface area contributed by atoms with Crippen LogP contribution in [0.4, 0.5) is 10.1 Å². The van der Waals surface area contributed by atoms with E-state index in [0.29, 0.717) is 17.8 Å². The Bertz CT molecular complexity index is 711. The molecule has 0 aliphatic carbocycles. The van der Waals surface area contributed by atoms with Crippen LogP contribution in [0.5, 0.6) is 0 Å². The van der Waals surface area contributed by atoms with Gasteiger partial charge in [0.2, 0.25) is 11.8 Å². The summed E-state index contributed by atoms with van der Waals surface area (Å²) in [5.74, 6) is -0.229. The van der Waals surface area contributed by atoms with Crippen LogP contribution in [-0.4, -0.2) is 78.4 Å². The molecule has 0 spiro atoms. The van der Waals surface area contributed by atoms with Crippen molar-refractivity contribution in [2.24, 2.45) is 0 Å². The summed E-state index contributed by atoms with van der Waals surface area (Å²) in [6, 6.07) is 4.43. The van der Waals surface area contributed by atoms with Crippen LogP contribution in [0.3, 0.4) is 0 Å². The number of likely N-dealkylation sites (tertiary alicyclic amines) is 1. The Balaban J connectivity index is 1.44. The lowest BCUT2D eigenvalue weighted by Gasteiger charge is -2.37. The molecule has 1 N–H and O–H groups in total. The van der Waals surface area contributed by atoms with E-state index in [1.54, 1.807) is 19.1 Å². The van der Waals surface area contributed by atoms with Crippen molar-refractivity contribution in [3.63, 3.8) is 0 Å². The Morgan fingerprint density at radius 1 is 1.03 bits per heavy atom. The number of carbonyl (C=O) groups excluding carboxylic acids is 2. The van der Waals surface area contributed by atoms with Gasteiger partial charge in [-0.1, -0.05) is 18.9 Å². The monoisotopic (exact) mass is 404 g/mol. The van der Waals surface area contributed by atoms with Gasteiger partial charge in [0, 0.05) is 45.0 Å². The van der Waals surface area contributed by atoms with E-state index in [9.17, 15) is 14.0 Å². The molecule has 2 aliphatic rings. The van der Waals surface area contributed by atoms with Gasteiger partial charge < -0.3 is 10.2 Å². The van der Waals surface area contributed by atoms with Gasteiger partial charge in [0.05, 0.1) is 12.6 Å². The molecule has 1 aromatic rings. The van der Waals surface area contributed by atoms with Crippen molar-refractivity contribution >= 4 is 17.5 Å². The highest BCUT2D eigenvalue weighted by Gasteiger charge is 2.27. The van der Waals surface area contributed by atoms with Crippen LogP contribution in [0.25, 0.3) is 0 Å². The predicted molar refractivity (Wildman–Crippen MR) is 112 cm³/mol. The second-order valence-electron chi connectivity index (χ2n) is 8.24. The number of anilines is 1. The molecule has 1 atom stereocenters. The molecule has 2 aliphatic heterocycles. The van der Waals surface area contributed by atoms with E-state index in [2.05, 4.69) is 15.1 Å². The third-order valence-electron chi connectivity index (χ3n) is 6.09. The Labute approximate surface area is 173 Å². The SMILES string of the molecule is Cc1ccc(NC(=O)[C@H](C)N2CCN(CC(=O)N3CCCCCC3)CC2)cc1F. The minimum atomic E-state index is -0.321. The zero-order chi connectivity index (χ0) is 20.8. The fourth-order valence-electron chi connectivity index (χ4n) is 4.00. The number of nitrogens with one attached hydrogen (secondary N) is 1. The second-order valence-corrected chi connectivity index (χ2v) is 8.24. The normalized spacial score (nSPS) is 20.2. The summed E-state index contributed by atoms with van der Waals surface area (Å²) >= 11 is 0. The Morgan fingerprint density at radius 2 is 1.69 bits per heavy atom. The fourth-order valence-corrected chi connectivity index (χ4v) is 4.00. The maximum absolute atomic E-state index is 13.7. The van der Waals surface area contributed by atoms with E-state index in [4.69, 9.17) is 0 Å². The topological polar surface area (TPSA) is 55.9 Å². The van der Waals surface area contributed by atoms with Gasteiger partial charge in [-0.05, 0) is 44.4 Å². The van der Waals surface area contributed by atoms with Gasteiger partial charge in [0.1, 0.15) is 5.82 Å². The van der Waals surface area contributed by atoms with E-state index in [0.717, 1.165) is 52.1 Å². The highest BCUT2D eigenvalue weighted by molar-refractivity contribution is 5.94. The van der Waals surface area contributed by atoms with Gasteiger partial charge in [-0.3, -0.25) is 19.4 Å². The molecule has 0 saturated carbocycles. The summed E-state index contributed by atoms with van der Waals surface area (Å²) in [7, 11) is 0. The molecule has 0 unspecified atom stereocenters. The number of amides is 2. The third kappa shape index (κ3) is 6.00. The molecule has 0 radical (unpaired) electrons. The first-order chi connectivity index (χ1) is 13.9. The summed E-state index contributed by atoms with van der Waals surface area (Å²) in [6.45, 7) is 8.84. The number of nitrogens with zero attached hydrogens (tertiary/aromatic N) is 3. The van der Waals surface area contributed by atoms with E-state index in [1.807, 2.05) is 11.8 Å². The maximum atomic E-state index is 13.7. The lowest BCUT2D eigenvalue weighted by atomic mass is 10.2. The molecule has 1 aromatic carbocycles. The molecule has 3 rings (SSSR count). The number of benzene rings is 1. The van der Waals surface area contributed by atoms with Crippen LogP contribution < -0.4 is 5.32 Å². The van der Waals surface area contributed by atoms with Crippen LogP contribution in [-0.2, 0) is 9.59 Å². The first kappa shape index (κ1) is 21.7. The smallest absolute Gasteiger partial charge is 0.241 e. The molecule has 0 bridgehead atoms. The van der Waals surface area contributed by atoms with Crippen LogP contribution in [0.15, 0.2) is 18.2 Å². The highest BCUT2D eigenvalue weighted by atomic mass is 19.1. The Hall–Kier alpha value is -1.99. The molecular formula is C22H33FN4O2. The van der Waals surface area contributed by atoms with E-state index >= 15 is 0 Å². The Kier molecular flexibility index (Phi) is 7.61. The van der Waals surface area contributed by atoms with E-state index in [1.165, 1.54) is 18.9 Å². The average molecular weight is 405 g/mol. The third-order valence-corrected chi connectivity index (χ3v) is 6.09. The number of halogens is 1. The van der Waals surface area contributed by atoms with Crippen LogP contribution in [0.1, 0.15) is 38.2 Å². The lowest BCUT2D eigenvalue weighted by molar-refractivity contribution is -0.133. The van der Waals surface area contributed by atoms with Crippen molar-refractivity contribution in [3.05, 3.63) is 29.6 Å². The van der Waals surface area contributed by atoms with Gasteiger partial charge in [0.15, 0.2) is 0 Å². The van der Waals surface area contributed by atoms with Gasteiger partial charge in [-0.2, -0.15) is 0 Å². The fraction of sp³-hybridized carbons (Fsp3) is 0.636. The van der Waals surface area contributed by atoms with Crippen molar-refractivity contribution in [1.29, 1.82) is 0 Å². The average Bonchev–Trinajstić information content (AvgIpc) is 3.00. The zero-order valence-electron chi connectivity index (χ0n) is 17.6. The number of piperazine rings is 1. The largest absolute Gasteiger partial charge is 0.342 e. The summed E-state index contributed by atoms with van der Waals surface area (Å²) in [5, 5.41) is 2.80. The molecule has 160 valence electrons. The summed E-state index contributed by atoms with van der Waals surface area (Å²) < 4.78 is 13.7. The number of rotatable bonds is 5. The molecular weight excluding hydrogens is 371 g/mol. The molecule has 2 heterocycles. The molecule has 2 amide bonds. The number of aryl methyl sites for hydroxylation is 1. The van der Waals surface area contributed by atoms with Gasteiger partial charge in [0.25, 0.3) is 0 Å². The second kappa shape index (κ2) is 10.2. The molecule has 7 heteroatoms. The first-order valence-corrected chi connectivity index (χ1v) is 10.8. The van der Waals surface area contributed by atoms with Gasteiger partial charge in [-0.25, -0.2) is 4.39 Å². The van der Waals surface area contributed by atoms with E-state index < -0.39 is 0 Å². The van der Waals surface area contributed by atoms with Gasteiger partial charge in [-0.15, -0.1) is 0 Å².